The number of anilines is 1. The Morgan fingerprint density at radius 2 is 1.73 bits per heavy atom. The van der Waals surface area contributed by atoms with Crippen LogP contribution in [0.1, 0.15) is 16.8 Å². The number of aromatic nitrogens is 2. The third-order valence-electron chi connectivity index (χ3n) is 4.76. The van der Waals surface area contributed by atoms with Crippen LogP contribution < -0.4 is 5.73 Å². The third-order valence-corrected chi connectivity index (χ3v) is 4.76. The van der Waals surface area contributed by atoms with E-state index in [-0.39, 0.29) is 0 Å². The van der Waals surface area contributed by atoms with Gasteiger partial charge in [0.2, 0.25) is 0 Å². The number of benzene rings is 2. The van der Waals surface area contributed by atoms with Crippen molar-refractivity contribution in [2.45, 2.75) is 19.8 Å². The van der Waals surface area contributed by atoms with E-state index in [1.165, 1.54) is 16.7 Å². The molecule has 0 saturated heterocycles. The average molecular weight is 339 g/mol. The Balaban J connectivity index is 1.69. The molecule has 2 heterocycles. The number of nitrogens with zero attached hydrogens (tertiary/aromatic N) is 2. The Morgan fingerprint density at radius 3 is 2.54 bits per heavy atom. The Labute approximate surface area is 153 Å². The Hall–Kier alpha value is -3.20. The molecule has 2 N–H and O–H groups in total. The molecule has 0 atom stereocenters. The molecule has 4 aromatic rings. The summed E-state index contributed by atoms with van der Waals surface area (Å²) < 4.78 is 0. The van der Waals surface area contributed by atoms with Crippen LogP contribution in [0.2, 0.25) is 0 Å². The topological polar surface area (TPSA) is 51.8 Å². The molecule has 0 aliphatic carbocycles. The largest absolute Gasteiger partial charge is 0.383 e. The minimum Gasteiger partial charge on any atom is -0.383 e. The van der Waals surface area contributed by atoms with Crippen molar-refractivity contribution in [2.75, 3.05) is 5.73 Å². The zero-order valence-electron chi connectivity index (χ0n) is 14.8. The summed E-state index contributed by atoms with van der Waals surface area (Å²) in [7, 11) is 0. The first-order valence-corrected chi connectivity index (χ1v) is 8.86. The molecular formula is C23H21N3. The van der Waals surface area contributed by atoms with Crippen molar-refractivity contribution in [1.82, 2.24) is 9.97 Å². The van der Waals surface area contributed by atoms with Crippen molar-refractivity contribution in [3.8, 4) is 11.1 Å². The highest BCUT2D eigenvalue weighted by Gasteiger charge is 2.08. The molecule has 0 amide bonds. The van der Waals surface area contributed by atoms with Gasteiger partial charge in [-0.15, -0.1) is 0 Å². The van der Waals surface area contributed by atoms with E-state index >= 15 is 0 Å². The Morgan fingerprint density at radius 1 is 0.885 bits per heavy atom. The molecule has 0 saturated carbocycles. The van der Waals surface area contributed by atoms with Crippen molar-refractivity contribution in [3.63, 3.8) is 0 Å². The molecule has 2 aromatic carbocycles. The first-order chi connectivity index (χ1) is 12.7. The van der Waals surface area contributed by atoms with Crippen LogP contribution in [0, 0.1) is 6.92 Å². The van der Waals surface area contributed by atoms with E-state index in [1.54, 1.807) is 0 Å². The molecule has 0 bridgehead atoms. The molecular weight excluding hydrogens is 318 g/mol. The van der Waals surface area contributed by atoms with Crippen molar-refractivity contribution in [2.24, 2.45) is 0 Å². The lowest BCUT2D eigenvalue weighted by Gasteiger charge is -2.10. The number of nitrogen functional groups attached to an aromatic ring is 1. The van der Waals surface area contributed by atoms with Gasteiger partial charge in [-0.25, -0.2) is 4.98 Å². The van der Waals surface area contributed by atoms with Crippen LogP contribution in [0.4, 0.5) is 5.82 Å². The molecule has 3 heteroatoms. The fourth-order valence-electron chi connectivity index (χ4n) is 3.31. The fraction of sp³-hybridized carbons (Fsp3) is 0.130. The minimum atomic E-state index is 0.608. The molecule has 0 unspecified atom stereocenters. The zero-order valence-corrected chi connectivity index (χ0v) is 14.8. The summed E-state index contributed by atoms with van der Waals surface area (Å²) >= 11 is 0. The monoisotopic (exact) mass is 339 g/mol. The van der Waals surface area contributed by atoms with Gasteiger partial charge in [0, 0.05) is 17.3 Å². The highest BCUT2D eigenvalue weighted by Crippen LogP contribution is 2.28. The number of nitrogens with two attached hydrogens (primary N) is 1. The lowest BCUT2D eigenvalue weighted by molar-refractivity contribution is 0.913. The lowest BCUT2D eigenvalue weighted by atomic mass is 9.98. The molecule has 26 heavy (non-hydrogen) atoms. The summed E-state index contributed by atoms with van der Waals surface area (Å²) in [4.78, 5) is 8.99. The van der Waals surface area contributed by atoms with Gasteiger partial charge in [-0.3, -0.25) is 4.98 Å². The maximum atomic E-state index is 6.19. The highest BCUT2D eigenvalue weighted by molar-refractivity contribution is 5.87. The number of aryl methyl sites for hydroxylation is 3. The molecule has 3 nitrogen and oxygen atoms in total. The first kappa shape index (κ1) is 16.3. The van der Waals surface area contributed by atoms with Crippen molar-refractivity contribution < 1.29 is 0 Å². The van der Waals surface area contributed by atoms with Gasteiger partial charge in [0.25, 0.3) is 0 Å². The summed E-state index contributed by atoms with van der Waals surface area (Å²) in [5, 5.41) is 1.12. The first-order valence-electron chi connectivity index (χ1n) is 8.86. The summed E-state index contributed by atoms with van der Waals surface area (Å²) in [5.41, 5.74) is 13.0. The second-order valence-corrected chi connectivity index (χ2v) is 6.58. The van der Waals surface area contributed by atoms with Crippen LogP contribution >= 0.6 is 0 Å². The molecule has 0 aliphatic heterocycles. The van der Waals surface area contributed by atoms with Crippen LogP contribution in [-0.4, -0.2) is 9.97 Å². The third kappa shape index (κ3) is 3.29. The van der Waals surface area contributed by atoms with Crippen LogP contribution in [0.3, 0.4) is 0 Å². The van der Waals surface area contributed by atoms with E-state index in [2.05, 4.69) is 65.4 Å². The number of hydrogen-bond donors (Lipinski definition) is 1. The van der Waals surface area contributed by atoms with Crippen LogP contribution in [-0.2, 0) is 12.8 Å². The molecule has 128 valence electrons. The van der Waals surface area contributed by atoms with Crippen LogP contribution in [0.5, 0.6) is 0 Å². The highest BCUT2D eigenvalue weighted by atomic mass is 14.8. The summed E-state index contributed by atoms with van der Waals surface area (Å²) in [6.07, 6.45) is 3.52. The lowest BCUT2D eigenvalue weighted by Crippen LogP contribution is -2.01. The number of pyridine rings is 2. The zero-order chi connectivity index (χ0) is 17.9. The predicted octanol–water partition coefficient (Wildman–Crippen LogP) is 4.97. The summed E-state index contributed by atoms with van der Waals surface area (Å²) in [6.45, 7) is 2.14. The van der Waals surface area contributed by atoms with Gasteiger partial charge < -0.3 is 5.73 Å². The van der Waals surface area contributed by atoms with Gasteiger partial charge in [0.1, 0.15) is 5.82 Å². The van der Waals surface area contributed by atoms with Gasteiger partial charge in [-0.1, -0.05) is 36.4 Å². The van der Waals surface area contributed by atoms with Crippen LogP contribution in [0.25, 0.3) is 22.0 Å². The summed E-state index contributed by atoms with van der Waals surface area (Å²) in [6, 6.07) is 23.0. The van der Waals surface area contributed by atoms with Crippen molar-refractivity contribution >= 4 is 16.7 Å². The smallest absolute Gasteiger partial charge is 0.127 e. The van der Waals surface area contributed by atoms with Gasteiger partial charge in [0.15, 0.2) is 0 Å². The molecule has 0 fully saturated rings. The van der Waals surface area contributed by atoms with Gasteiger partial charge in [-0.2, -0.15) is 0 Å². The molecule has 4 rings (SSSR count). The standard InChI is InChI=1S/C23H21N3/c1-16-6-2-3-8-21(16)17-10-12-22-19(14-17)15-18(23(24)26-22)9-11-20-7-4-5-13-25-20/h2-8,10,12-15H,9,11H2,1H3,(H2,24,26). The van der Waals surface area contributed by atoms with E-state index < -0.39 is 0 Å². The Kier molecular flexibility index (Phi) is 4.36. The van der Waals surface area contributed by atoms with Crippen molar-refractivity contribution in [1.29, 1.82) is 0 Å². The van der Waals surface area contributed by atoms with Gasteiger partial charge in [0.05, 0.1) is 5.52 Å². The SMILES string of the molecule is Cc1ccccc1-c1ccc2nc(N)c(CCc3ccccn3)cc2c1. The predicted molar refractivity (Wildman–Crippen MR) is 108 cm³/mol. The second kappa shape index (κ2) is 6.96. The van der Waals surface area contributed by atoms with Gasteiger partial charge in [-0.05, 0) is 72.4 Å². The quantitative estimate of drug-likeness (QED) is 0.571. The van der Waals surface area contributed by atoms with Crippen molar-refractivity contribution in [3.05, 3.63) is 89.7 Å². The van der Waals surface area contributed by atoms with E-state index in [0.29, 0.717) is 5.82 Å². The van der Waals surface area contributed by atoms with E-state index in [4.69, 9.17) is 5.73 Å². The molecule has 0 spiro atoms. The van der Waals surface area contributed by atoms with Crippen LogP contribution in [0.15, 0.2) is 72.9 Å². The second-order valence-electron chi connectivity index (χ2n) is 6.58. The number of hydrogen-bond acceptors (Lipinski definition) is 3. The minimum absolute atomic E-state index is 0.608. The number of fused-ring (bicyclic) bond motifs is 1. The van der Waals surface area contributed by atoms with E-state index in [0.717, 1.165) is 35.0 Å². The summed E-state index contributed by atoms with van der Waals surface area (Å²) in [5.74, 6) is 0.608. The van der Waals surface area contributed by atoms with Gasteiger partial charge >= 0.3 is 0 Å². The fourth-order valence-corrected chi connectivity index (χ4v) is 3.31. The number of rotatable bonds is 4. The Bertz CT molecular complexity index is 1060. The normalized spacial score (nSPS) is 11.0. The molecule has 0 aliphatic rings. The molecule has 2 aromatic heterocycles. The molecule has 0 radical (unpaired) electrons. The average Bonchev–Trinajstić information content (AvgIpc) is 2.67. The van der Waals surface area contributed by atoms with E-state index in [1.807, 2.05) is 24.4 Å². The maximum Gasteiger partial charge on any atom is 0.127 e. The van der Waals surface area contributed by atoms with E-state index in [9.17, 15) is 0 Å². The maximum absolute atomic E-state index is 6.19.